The van der Waals surface area contributed by atoms with Gasteiger partial charge in [0.05, 0.1) is 23.9 Å². The Morgan fingerprint density at radius 3 is 2.50 bits per heavy atom. The number of amides is 2. The number of thioether (sulfide) groups is 1. The zero-order valence-electron chi connectivity index (χ0n) is 19.1. The average Bonchev–Trinajstić information content (AvgIpc) is 3.18. The molecule has 1 aromatic heterocycles. The van der Waals surface area contributed by atoms with Gasteiger partial charge < -0.3 is 19.9 Å². The Kier molecular flexibility index (Phi) is 8.51. The molecule has 0 fully saturated rings. The number of benzene rings is 2. The van der Waals surface area contributed by atoms with E-state index in [2.05, 4.69) is 20.8 Å². The van der Waals surface area contributed by atoms with Crippen molar-refractivity contribution >= 4 is 40.9 Å². The SMILES string of the molecule is COc1ccc(C(=O)N[C@@H](c2nnc(SCC(=O)Nc3ccc(F)c(Cl)c3)n2C)C(C)C)cc1. The van der Waals surface area contributed by atoms with Gasteiger partial charge in [-0.25, -0.2) is 4.39 Å². The number of halogens is 2. The van der Waals surface area contributed by atoms with Gasteiger partial charge in [-0.3, -0.25) is 9.59 Å². The molecule has 0 unspecified atom stereocenters. The summed E-state index contributed by atoms with van der Waals surface area (Å²) in [7, 11) is 3.35. The molecule has 2 amide bonds. The van der Waals surface area contributed by atoms with Crippen molar-refractivity contribution in [1.82, 2.24) is 20.1 Å². The molecule has 0 spiro atoms. The van der Waals surface area contributed by atoms with Crippen molar-refractivity contribution in [1.29, 1.82) is 0 Å². The van der Waals surface area contributed by atoms with Crippen molar-refractivity contribution in [2.75, 3.05) is 18.2 Å². The molecule has 0 saturated carbocycles. The lowest BCUT2D eigenvalue weighted by Gasteiger charge is -2.21. The number of nitrogens with one attached hydrogen (secondary N) is 2. The smallest absolute Gasteiger partial charge is 0.251 e. The van der Waals surface area contributed by atoms with Crippen LogP contribution in [0, 0.1) is 11.7 Å². The van der Waals surface area contributed by atoms with Crippen molar-refractivity contribution in [2.24, 2.45) is 13.0 Å². The number of aromatic nitrogens is 3. The summed E-state index contributed by atoms with van der Waals surface area (Å²) in [6.45, 7) is 3.95. The lowest BCUT2D eigenvalue weighted by molar-refractivity contribution is -0.113. The van der Waals surface area contributed by atoms with Gasteiger partial charge in [-0.1, -0.05) is 37.2 Å². The first kappa shape index (κ1) is 25.5. The summed E-state index contributed by atoms with van der Waals surface area (Å²) in [5.41, 5.74) is 0.901. The predicted octanol–water partition coefficient (Wildman–Crippen LogP) is 4.47. The van der Waals surface area contributed by atoms with E-state index in [0.29, 0.717) is 28.0 Å². The number of hydrogen-bond donors (Lipinski definition) is 2. The van der Waals surface area contributed by atoms with Gasteiger partial charge in [-0.05, 0) is 48.4 Å². The van der Waals surface area contributed by atoms with Crippen LogP contribution >= 0.6 is 23.4 Å². The zero-order chi connectivity index (χ0) is 24.8. The second-order valence-corrected chi connectivity index (χ2v) is 9.14. The fraction of sp³-hybridized carbons (Fsp3) is 0.304. The third-order valence-electron chi connectivity index (χ3n) is 4.99. The summed E-state index contributed by atoms with van der Waals surface area (Å²) < 4.78 is 20.2. The second-order valence-electron chi connectivity index (χ2n) is 7.79. The molecular weight excluding hydrogens is 481 g/mol. The van der Waals surface area contributed by atoms with Crippen LogP contribution in [0.5, 0.6) is 5.75 Å². The van der Waals surface area contributed by atoms with E-state index in [1.807, 2.05) is 13.8 Å². The molecule has 0 aliphatic heterocycles. The van der Waals surface area contributed by atoms with Gasteiger partial charge in [-0.15, -0.1) is 10.2 Å². The maximum atomic E-state index is 13.3. The molecule has 3 aromatic rings. The molecule has 3 rings (SSSR count). The van der Waals surface area contributed by atoms with Crippen LogP contribution in [0.3, 0.4) is 0 Å². The summed E-state index contributed by atoms with van der Waals surface area (Å²) in [5, 5.41) is 14.6. The maximum Gasteiger partial charge on any atom is 0.251 e. The molecule has 2 aromatic carbocycles. The van der Waals surface area contributed by atoms with E-state index in [0.717, 1.165) is 0 Å². The first-order valence-electron chi connectivity index (χ1n) is 10.4. The minimum Gasteiger partial charge on any atom is -0.497 e. The van der Waals surface area contributed by atoms with Crippen LogP contribution in [-0.2, 0) is 11.8 Å². The van der Waals surface area contributed by atoms with E-state index in [4.69, 9.17) is 16.3 Å². The average molecular weight is 506 g/mol. The van der Waals surface area contributed by atoms with Gasteiger partial charge in [-0.2, -0.15) is 0 Å². The molecule has 11 heteroatoms. The summed E-state index contributed by atoms with van der Waals surface area (Å²) in [6.07, 6.45) is 0. The summed E-state index contributed by atoms with van der Waals surface area (Å²) in [6, 6.07) is 10.4. The normalized spacial score (nSPS) is 11.9. The van der Waals surface area contributed by atoms with Crippen LogP contribution in [0.25, 0.3) is 0 Å². The largest absolute Gasteiger partial charge is 0.497 e. The molecule has 8 nitrogen and oxygen atoms in total. The molecule has 0 aliphatic rings. The van der Waals surface area contributed by atoms with Gasteiger partial charge in [0.25, 0.3) is 5.91 Å². The number of methoxy groups -OCH3 is 1. The molecule has 34 heavy (non-hydrogen) atoms. The number of rotatable bonds is 9. The van der Waals surface area contributed by atoms with Crippen LogP contribution in [0.1, 0.15) is 36.1 Å². The number of hydrogen-bond acceptors (Lipinski definition) is 6. The Bertz CT molecular complexity index is 1170. The maximum absolute atomic E-state index is 13.3. The Labute approximate surface area is 206 Å². The van der Waals surface area contributed by atoms with Gasteiger partial charge in [0.1, 0.15) is 11.6 Å². The van der Waals surface area contributed by atoms with Gasteiger partial charge >= 0.3 is 0 Å². The van der Waals surface area contributed by atoms with Crippen LogP contribution in [0.4, 0.5) is 10.1 Å². The van der Waals surface area contributed by atoms with Crippen molar-refractivity contribution in [3.8, 4) is 5.75 Å². The molecule has 180 valence electrons. The number of ether oxygens (including phenoxy) is 1. The van der Waals surface area contributed by atoms with E-state index >= 15 is 0 Å². The lowest BCUT2D eigenvalue weighted by atomic mass is 10.0. The minimum atomic E-state index is -0.556. The highest BCUT2D eigenvalue weighted by Crippen LogP contribution is 2.25. The highest BCUT2D eigenvalue weighted by atomic mass is 35.5. The van der Waals surface area contributed by atoms with Crippen molar-refractivity contribution in [3.63, 3.8) is 0 Å². The van der Waals surface area contributed by atoms with Gasteiger partial charge in [0, 0.05) is 18.3 Å². The van der Waals surface area contributed by atoms with E-state index in [-0.39, 0.29) is 28.5 Å². The summed E-state index contributed by atoms with van der Waals surface area (Å²) in [4.78, 5) is 25.1. The van der Waals surface area contributed by atoms with Gasteiger partial charge in [0.15, 0.2) is 11.0 Å². The van der Waals surface area contributed by atoms with Crippen LogP contribution in [0.2, 0.25) is 5.02 Å². The van der Waals surface area contributed by atoms with Crippen molar-refractivity contribution in [2.45, 2.75) is 25.0 Å². The molecule has 0 radical (unpaired) electrons. The number of anilines is 1. The third-order valence-corrected chi connectivity index (χ3v) is 6.30. The van der Waals surface area contributed by atoms with E-state index in [1.54, 1.807) is 43.0 Å². The van der Waals surface area contributed by atoms with Crippen LogP contribution < -0.4 is 15.4 Å². The first-order chi connectivity index (χ1) is 16.2. The number of carbonyl (C=O) groups is 2. The van der Waals surface area contributed by atoms with Crippen LogP contribution in [0.15, 0.2) is 47.6 Å². The first-order valence-corrected chi connectivity index (χ1v) is 11.8. The standard InChI is InChI=1S/C23H25ClFN5O3S/c1-13(2)20(27-22(32)14-5-8-16(33-4)9-6-14)21-28-29-23(30(21)3)34-12-19(31)26-15-7-10-18(25)17(24)11-15/h5-11,13,20H,12H2,1-4H3,(H,26,31)(H,27,32)/t20-/m1/s1. The lowest BCUT2D eigenvalue weighted by Crippen LogP contribution is -2.33. The molecular formula is C23H25ClFN5O3S. The molecule has 0 saturated heterocycles. The fourth-order valence-corrected chi connectivity index (χ4v) is 4.02. The second kappa shape index (κ2) is 11.3. The predicted molar refractivity (Wildman–Crippen MR) is 130 cm³/mol. The quantitative estimate of drug-likeness (QED) is 0.416. The highest BCUT2D eigenvalue weighted by Gasteiger charge is 2.25. The number of carbonyl (C=O) groups excluding carboxylic acids is 2. The third kappa shape index (κ3) is 6.27. The molecule has 0 bridgehead atoms. The Hall–Kier alpha value is -3.11. The fourth-order valence-electron chi connectivity index (χ4n) is 3.12. The van der Waals surface area contributed by atoms with E-state index in [1.165, 1.54) is 30.0 Å². The molecule has 2 N–H and O–H groups in total. The molecule has 1 heterocycles. The van der Waals surface area contributed by atoms with E-state index < -0.39 is 11.9 Å². The Morgan fingerprint density at radius 2 is 1.88 bits per heavy atom. The Morgan fingerprint density at radius 1 is 1.18 bits per heavy atom. The summed E-state index contributed by atoms with van der Waals surface area (Å²) in [5.74, 6) is 0.241. The van der Waals surface area contributed by atoms with Crippen LogP contribution in [-0.4, -0.2) is 39.4 Å². The highest BCUT2D eigenvalue weighted by molar-refractivity contribution is 7.99. The van der Waals surface area contributed by atoms with Crippen molar-refractivity contribution in [3.05, 3.63) is 64.7 Å². The van der Waals surface area contributed by atoms with Crippen molar-refractivity contribution < 1.29 is 18.7 Å². The molecule has 0 aliphatic carbocycles. The zero-order valence-corrected chi connectivity index (χ0v) is 20.7. The monoisotopic (exact) mass is 505 g/mol. The Balaban J connectivity index is 1.65. The summed E-state index contributed by atoms with van der Waals surface area (Å²) >= 11 is 6.94. The molecule has 1 atom stereocenters. The minimum absolute atomic E-state index is 0.0365. The van der Waals surface area contributed by atoms with Gasteiger partial charge in [0.2, 0.25) is 5.91 Å². The van der Waals surface area contributed by atoms with E-state index in [9.17, 15) is 14.0 Å². The topological polar surface area (TPSA) is 98.1 Å². The number of nitrogens with zero attached hydrogens (tertiary/aromatic N) is 3.